The van der Waals surface area contributed by atoms with E-state index in [4.69, 9.17) is 9.15 Å². The van der Waals surface area contributed by atoms with E-state index < -0.39 is 16.8 Å². The number of carbonyl (C=O) groups excluding carboxylic acids is 1. The van der Waals surface area contributed by atoms with Crippen LogP contribution in [0.5, 0.6) is 5.75 Å². The summed E-state index contributed by atoms with van der Waals surface area (Å²) in [5, 5.41) is 11.3. The molecule has 1 unspecified atom stereocenters. The van der Waals surface area contributed by atoms with Crippen molar-refractivity contribution in [1.29, 1.82) is 0 Å². The van der Waals surface area contributed by atoms with Crippen molar-refractivity contribution >= 4 is 27.7 Å². The Morgan fingerprint density at radius 1 is 1.28 bits per heavy atom. The van der Waals surface area contributed by atoms with E-state index in [9.17, 15) is 14.1 Å². The highest BCUT2D eigenvalue weighted by Gasteiger charge is 2.27. The Morgan fingerprint density at radius 2 is 2.09 bits per heavy atom. The van der Waals surface area contributed by atoms with Gasteiger partial charge in [-0.2, -0.15) is 0 Å². The van der Waals surface area contributed by atoms with Gasteiger partial charge in [-0.3, -0.25) is 4.21 Å². The lowest BCUT2D eigenvalue weighted by Gasteiger charge is -2.11. The molecule has 1 atom stereocenters. The summed E-state index contributed by atoms with van der Waals surface area (Å²) in [5.41, 5.74) is 2.27. The number of aromatic nitrogens is 3. The standard InChI is InChI=1S/C23H25N3O5S/c1-4-30-23(28)22-19(14-32(29)13-16-6-5-11-31-16)25(3)18-7-8-20(27)17(21(18)22)12-26-10-9-24-15(26)2/h5-11,27H,4,12-14H2,1-3H3. The molecular formula is C23H25N3O5S. The molecule has 9 heteroatoms. The molecule has 4 aromatic rings. The Morgan fingerprint density at radius 3 is 2.75 bits per heavy atom. The van der Waals surface area contributed by atoms with Gasteiger partial charge in [0.15, 0.2) is 0 Å². The number of carbonyl (C=O) groups is 1. The van der Waals surface area contributed by atoms with E-state index in [-0.39, 0.29) is 23.9 Å². The van der Waals surface area contributed by atoms with E-state index in [1.165, 1.54) is 0 Å². The average Bonchev–Trinajstić information content (AvgIpc) is 3.46. The van der Waals surface area contributed by atoms with Gasteiger partial charge in [0.2, 0.25) is 0 Å². The number of fused-ring (bicyclic) bond motifs is 1. The van der Waals surface area contributed by atoms with Gasteiger partial charge in [0.25, 0.3) is 0 Å². The van der Waals surface area contributed by atoms with Crippen LogP contribution in [0.4, 0.5) is 0 Å². The highest BCUT2D eigenvalue weighted by atomic mass is 32.2. The number of imidazole rings is 1. The summed E-state index contributed by atoms with van der Waals surface area (Å²) < 4.78 is 27.3. The molecule has 1 N–H and O–H groups in total. The topological polar surface area (TPSA) is 99.5 Å². The number of furan rings is 1. The molecule has 0 radical (unpaired) electrons. The number of esters is 1. The number of hydrogen-bond acceptors (Lipinski definition) is 6. The molecule has 0 amide bonds. The summed E-state index contributed by atoms with van der Waals surface area (Å²) in [4.78, 5) is 17.3. The fraction of sp³-hybridized carbons (Fsp3) is 0.304. The van der Waals surface area contributed by atoms with Crippen LogP contribution in [0.2, 0.25) is 0 Å². The molecule has 8 nitrogen and oxygen atoms in total. The Bertz CT molecular complexity index is 1290. The minimum Gasteiger partial charge on any atom is -0.508 e. The van der Waals surface area contributed by atoms with Gasteiger partial charge in [-0.15, -0.1) is 0 Å². The van der Waals surface area contributed by atoms with Gasteiger partial charge in [0.05, 0.1) is 36.5 Å². The third-order valence-corrected chi connectivity index (χ3v) is 6.69. The molecule has 0 saturated heterocycles. The Kier molecular flexibility index (Phi) is 6.18. The van der Waals surface area contributed by atoms with Crippen molar-refractivity contribution < 1.29 is 23.3 Å². The lowest BCUT2D eigenvalue weighted by atomic mass is 10.0. The molecule has 0 spiro atoms. The number of aryl methyl sites for hydroxylation is 2. The predicted octanol–water partition coefficient (Wildman–Crippen LogP) is 3.66. The molecule has 0 aliphatic heterocycles. The predicted molar refractivity (Wildman–Crippen MR) is 121 cm³/mol. The molecule has 0 fully saturated rings. The van der Waals surface area contributed by atoms with Gasteiger partial charge in [-0.1, -0.05) is 0 Å². The lowest BCUT2D eigenvalue weighted by Crippen LogP contribution is -2.12. The van der Waals surface area contributed by atoms with Crippen LogP contribution in [0.15, 0.2) is 47.3 Å². The van der Waals surface area contributed by atoms with E-state index in [1.54, 1.807) is 43.6 Å². The molecule has 0 aliphatic rings. The van der Waals surface area contributed by atoms with Crippen LogP contribution in [-0.2, 0) is 40.6 Å². The number of benzene rings is 1. The molecule has 4 rings (SSSR count). The van der Waals surface area contributed by atoms with Crippen LogP contribution in [0.3, 0.4) is 0 Å². The minimum absolute atomic E-state index is 0.0741. The third kappa shape index (κ3) is 4.08. The molecule has 1 aromatic carbocycles. The molecule has 168 valence electrons. The Labute approximate surface area is 187 Å². The van der Waals surface area contributed by atoms with E-state index in [2.05, 4.69) is 4.98 Å². The van der Waals surface area contributed by atoms with Crippen molar-refractivity contribution in [2.75, 3.05) is 6.61 Å². The number of phenolic OH excluding ortho intramolecular Hbond substituents is 1. The van der Waals surface area contributed by atoms with Gasteiger partial charge < -0.3 is 23.4 Å². The fourth-order valence-electron chi connectivity index (χ4n) is 3.89. The highest BCUT2D eigenvalue weighted by molar-refractivity contribution is 7.83. The zero-order valence-corrected chi connectivity index (χ0v) is 19.0. The molecule has 3 aromatic heterocycles. The van der Waals surface area contributed by atoms with Gasteiger partial charge in [-0.25, -0.2) is 9.78 Å². The summed E-state index contributed by atoms with van der Waals surface area (Å²) in [6.45, 7) is 4.15. The van der Waals surface area contributed by atoms with Crippen molar-refractivity contribution in [1.82, 2.24) is 14.1 Å². The molecule has 3 heterocycles. The molecule has 0 saturated carbocycles. The monoisotopic (exact) mass is 455 g/mol. The van der Waals surface area contributed by atoms with Crippen LogP contribution >= 0.6 is 0 Å². The number of rotatable bonds is 8. The zero-order valence-electron chi connectivity index (χ0n) is 18.2. The smallest absolute Gasteiger partial charge is 0.340 e. The van der Waals surface area contributed by atoms with Crippen molar-refractivity contribution in [3.05, 3.63) is 71.3 Å². The largest absolute Gasteiger partial charge is 0.508 e. The number of phenols is 1. The first kappa shape index (κ1) is 21.9. The van der Waals surface area contributed by atoms with E-state index in [0.29, 0.717) is 34.5 Å². The summed E-state index contributed by atoms with van der Waals surface area (Å²) in [6, 6.07) is 6.90. The Hall–Kier alpha value is -3.33. The normalized spacial score (nSPS) is 12.3. The fourth-order valence-corrected chi connectivity index (χ4v) is 5.12. The summed E-state index contributed by atoms with van der Waals surface area (Å²) >= 11 is 0. The second kappa shape index (κ2) is 9.04. The zero-order chi connectivity index (χ0) is 22.8. The quantitative estimate of drug-likeness (QED) is 0.407. The third-order valence-electron chi connectivity index (χ3n) is 5.48. The van der Waals surface area contributed by atoms with Gasteiger partial charge in [0.1, 0.15) is 17.3 Å². The van der Waals surface area contributed by atoms with E-state index in [1.807, 2.05) is 29.3 Å². The van der Waals surface area contributed by atoms with Crippen LogP contribution in [0, 0.1) is 6.92 Å². The average molecular weight is 456 g/mol. The number of ether oxygens (including phenoxy) is 1. The van der Waals surface area contributed by atoms with E-state index >= 15 is 0 Å². The summed E-state index contributed by atoms with van der Waals surface area (Å²) in [6.07, 6.45) is 5.05. The van der Waals surface area contributed by atoms with Gasteiger partial charge in [-0.05, 0) is 38.1 Å². The number of aromatic hydroxyl groups is 1. The second-order valence-corrected chi connectivity index (χ2v) is 8.93. The van der Waals surface area contributed by atoms with Crippen LogP contribution in [0.1, 0.15) is 40.1 Å². The first-order chi connectivity index (χ1) is 15.4. The van der Waals surface area contributed by atoms with Crippen LogP contribution in [-0.4, -0.2) is 36.0 Å². The number of hydrogen-bond donors (Lipinski definition) is 1. The summed E-state index contributed by atoms with van der Waals surface area (Å²) in [7, 11) is 0.512. The maximum absolute atomic E-state index is 13.1. The van der Waals surface area contributed by atoms with Crippen molar-refractivity contribution in [3.8, 4) is 5.75 Å². The summed E-state index contributed by atoms with van der Waals surface area (Å²) in [5.74, 6) is 1.36. The first-order valence-corrected chi connectivity index (χ1v) is 11.7. The van der Waals surface area contributed by atoms with Gasteiger partial charge >= 0.3 is 5.97 Å². The van der Waals surface area contributed by atoms with Crippen molar-refractivity contribution in [2.24, 2.45) is 7.05 Å². The van der Waals surface area contributed by atoms with Gasteiger partial charge in [0, 0.05) is 52.4 Å². The molecule has 0 aliphatic carbocycles. The van der Waals surface area contributed by atoms with Crippen molar-refractivity contribution in [3.63, 3.8) is 0 Å². The minimum atomic E-state index is -1.32. The SMILES string of the molecule is CCOC(=O)c1c(CS(=O)Cc2ccco2)n(C)c2ccc(O)c(Cn3ccnc3C)c12. The molecular weight excluding hydrogens is 430 g/mol. The maximum Gasteiger partial charge on any atom is 0.340 e. The maximum atomic E-state index is 13.1. The van der Waals surface area contributed by atoms with Crippen molar-refractivity contribution in [2.45, 2.75) is 31.9 Å². The molecule has 32 heavy (non-hydrogen) atoms. The molecule has 0 bridgehead atoms. The highest BCUT2D eigenvalue weighted by Crippen LogP contribution is 2.35. The first-order valence-electron chi connectivity index (χ1n) is 10.2. The Balaban J connectivity index is 1.85. The number of nitrogens with zero attached hydrogens (tertiary/aromatic N) is 3. The lowest BCUT2D eigenvalue weighted by molar-refractivity contribution is 0.0527. The second-order valence-electron chi connectivity index (χ2n) is 7.47. The van der Waals surface area contributed by atoms with Crippen LogP contribution < -0.4 is 0 Å². The van der Waals surface area contributed by atoms with E-state index in [0.717, 1.165) is 11.3 Å². The van der Waals surface area contributed by atoms with Crippen LogP contribution in [0.25, 0.3) is 10.9 Å².